The molecule has 1 atom stereocenters. The minimum atomic E-state index is -0.690. The van der Waals surface area contributed by atoms with Gasteiger partial charge < -0.3 is 20.1 Å². The van der Waals surface area contributed by atoms with Crippen LogP contribution in [0.4, 0.5) is 5.69 Å². The number of aliphatic hydroxyl groups is 1. The van der Waals surface area contributed by atoms with Crippen molar-refractivity contribution in [1.82, 2.24) is 15.0 Å². The number of fused-ring (bicyclic) bond motifs is 2. The Labute approximate surface area is 155 Å². The molecule has 1 unspecified atom stereocenters. The Morgan fingerprint density at radius 1 is 1.15 bits per heavy atom. The number of carbonyl (C=O) groups excluding carboxylic acids is 1. The first kappa shape index (κ1) is 17.0. The standard InChI is InChI=1S/C20H18N4O3/c1-11(25)19-23-15-8-7-12(9-16(15)24-19)21-20(26)17-10-18(27-2)13-5-3-4-6-14(13)22-17/h3-11,25H,1-2H3,(H,21,26)(H,23,24). The number of ether oxygens (including phenoxy) is 1. The molecular weight excluding hydrogens is 344 g/mol. The van der Waals surface area contributed by atoms with Gasteiger partial charge in [-0.05, 0) is 37.3 Å². The van der Waals surface area contributed by atoms with Gasteiger partial charge in [0, 0.05) is 17.1 Å². The quantitative estimate of drug-likeness (QED) is 0.516. The highest BCUT2D eigenvalue weighted by Crippen LogP contribution is 2.26. The number of rotatable bonds is 4. The van der Waals surface area contributed by atoms with Gasteiger partial charge in [-0.1, -0.05) is 12.1 Å². The molecule has 0 bridgehead atoms. The van der Waals surface area contributed by atoms with E-state index in [-0.39, 0.29) is 11.6 Å². The summed E-state index contributed by atoms with van der Waals surface area (Å²) in [6, 6.07) is 14.4. The zero-order valence-electron chi connectivity index (χ0n) is 14.9. The monoisotopic (exact) mass is 362 g/mol. The predicted molar refractivity (Wildman–Crippen MR) is 103 cm³/mol. The number of pyridine rings is 1. The number of para-hydroxylation sites is 1. The molecule has 7 nitrogen and oxygen atoms in total. The second-order valence-corrected chi connectivity index (χ2v) is 6.21. The van der Waals surface area contributed by atoms with Crippen LogP contribution in [0.1, 0.15) is 29.3 Å². The molecule has 4 rings (SSSR count). The SMILES string of the molecule is COc1cc(C(=O)Nc2ccc3nc(C(C)O)[nH]c3c2)nc2ccccc12. The number of aliphatic hydroxyl groups excluding tert-OH is 1. The number of methoxy groups -OCH3 is 1. The summed E-state index contributed by atoms with van der Waals surface area (Å²) in [4.78, 5) is 24.4. The van der Waals surface area contributed by atoms with Crippen LogP contribution in [0.2, 0.25) is 0 Å². The summed E-state index contributed by atoms with van der Waals surface area (Å²) in [6.45, 7) is 1.64. The minimum absolute atomic E-state index is 0.264. The lowest BCUT2D eigenvalue weighted by Gasteiger charge is -2.09. The van der Waals surface area contributed by atoms with Crippen LogP contribution in [0.15, 0.2) is 48.5 Å². The molecule has 0 aliphatic heterocycles. The van der Waals surface area contributed by atoms with Crippen molar-refractivity contribution in [3.05, 3.63) is 60.0 Å². The van der Waals surface area contributed by atoms with E-state index in [2.05, 4.69) is 20.3 Å². The van der Waals surface area contributed by atoms with Crippen LogP contribution in [0.25, 0.3) is 21.9 Å². The molecule has 7 heteroatoms. The van der Waals surface area contributed by atoms with E-state index in [4.69, 9.17) is 4.74 Å². The molecule has 0 saturated carbocycles. The number of H-pyrrole nitrogens is 1. The smallest absolute Gasteiger partial charge is 0.274 e. The molecule has 2 aromatic heterocycles. The zero-order chi connectivity index (χ0) is 19.0. The third-order valence-corrected chi connectivity index (χ3v) is 4.28. The molecule has 0 spiro atoms. The van der Waals surface area contributed by atoms with Crippen molar-refractivity contribution in [2.75, 3.05) is 12.4 Å². The van der Waals surface area contributed by atoms with Crippen LogP contribution >= 0.6 is 0 Å². The Kier molecular flexibility index (Phi) is 4.21. The number of aromatic nitrogens is 3. The average Bonchev–Trinajstić information content (AvgIpc) is 3.10. The Morgan fingerprint density at radius 2 is 1.96 bits per heavy atom. The Bertz CT molecular complexity index is 1150. The van der Waals surface area contributed by atoms with Gasteiger partial charge in [-0.25, -0.2) is 9.97 Å². The fourth-order valence-corrected chi connectivity index (χ4v) is 2.93. The molecule has 0 radical (unpaired) electrons. The largest absolute Gasteiger partial charge is 0.496 e. The molecule has 0 saturated heterocycles. The molecular formula is C20H18N4O3. The maximum atomic E-state index is 12.7. The molecule has 1 amide bonds. The second-order valence-electron chi connectivity index (χ2n) is 6.21. The number of anilines is 1. The summed E-state index contributed by atoms with van der Waals surface area (Å²) in [5, 5.41) is 13.3. The van der Waals surface area contributed by atoms with Crippen molar-refractivity contribution in [1.29, 1.82) is 0 Å². The summed E-state index contributed by atoms with van der Waals surface area (Å²) in [7, 11) is 1.56. The van der Waals surface area contributed by atoms with Crippen molar-refractivity contribution in [3.63, 3.8) is 0 Å². The molecule has 136 valence electrons. The number of hydrogen-bond donors (Lipinski definition) is 3. The number of benzene rings is 2. The van der Waals surface area contributed by atoms with Crippen LogP contribution in [-0.2, 0) is 0 Å². The lowest BCUT2D eigenvalue weighted by atomic mass is 10.1. The van der Waals surface area contributed by atoms with Crippen LogP contribution in [-0.4, -0.2) is 33.1 Å². The highest BCUT2D eigenvalue weighted by molar-refractivity contribution is 6.05. The van der Waals surface area contributed by atoms with Gasteiger partial charge in [0.2, 0.25) is 0 Å². The Morgan fingerprint density at radius 3 is 2.74 bits per heavy atom. The first-order valence-corrected chi connectivity index (χ1v) is 8.48. The first-order chi connectivity index (χ1) is 13.0. The third kappa shape index (κ3) is 3.20. The highest BCUT2D eigenvalue weighted by Gasteiger charge is 2.14. The van der Waals surface area contributed by atoms with E-state index in [0.717, 1.165) is 16.4 Å². The first-order valence-electron chi connectivity index (χ1n) is 8.48. The van der Waals surface area contributed by atoms with E-state index in [1.807, 2.05) is 24.3 Å². The number of amides is 1. The summed E-state index contributed by atoms with van der Waals surface area (Å²) in [5.74, 6) is 0.736. The number of nitrogens with one attached hydrogen (secondary N) is 2. The van der Waals surface area contributed by atoms with Gasteiger partial charge in [0.25, 0.3) is 5.91 Å². The Hall–Kier alpha value is -3.45. The number of nitrogens with zero attached hydrogens (tertiary/aromatic N) is 2. The molecule has 2 aromatic carbocycles. The van der Waals surface area contributed by atoms with Gasteiger partial charge in [-0.15, -0.1) is 0 Å². The second kappa shape index (κ2) is 6.69. The average molecular weight is 362 g/mol. The Balaban J connectivity index is 1.65. The van der Waals surface area contributed by atoms with Crippen molar-refractivity contribution in [2.45, 2.75) is 13.0 Å². The van der Waals surface area contributed by atoms with E-state index in [9.17, 15) is 9.90 Å². The highest BCUT2D eigenvalue weighted by atomic mass is 16.5. The maximum absolute atomic E-state index is 12.7. The summed E-state index contributed by atoms with van der Waals surface area (Å²) in [5.41, 5.74) is 3.00. The topological polar surface area (TPSA) is 100 Å². The predicted octanol–water partition coefficient (Wildman–Crippen LogP) is 3.43. The number of aromatic amines is 1. The lowest BCUT2D eigenvalue weighted by molar-refractivity contribution is 0.102. The van der Waals surface area contributed by atoms with Crippen molar-refractivity contribution >= 4 is 33.5 Å². The van der Waals surface area contributed by atoms with Gasteiger partial charge in [0.15, 0.2) is 0 Å². The van der Waals surface area contributed by atoms with E-state index in [0.29, 0.717) is 22.8 Å². The van der Waals surface area contributed by atoms with Crippen LogP contribution in [0.3, 0.4) is 0 Å². The maximum Gasteiger partial charge on any atom is 0.274 e. The zero-order valence-corrected chi connectivity index (χ0v) is 14.9. The van der Waals surface area contributed by atoms with Gasteiger partial charge in [-0.2, -0.15) is 0 Å². The van der Waals surface area contributed by atoms with E-state index >= 15 is 0 Å². The molecule has 0 aliphatic carbocycles. The fraction of sp³-hybridized carbons (Fsp3) is 0.150. The number of carbonyl (C=O) groups is 1. The molecule has 3 N–H and O–H groups in total. The summed E-state index contributed by atoms with van der Waals surface area (Å²) in [6.07, 6.45) is -0.690. The lowest BCUT2D eigenvalue weighted by Crippen LogP contribution is -2.14. The number of imidazole rings is 1. The molecule has 4 aromatic rings. The van der Waals surface area contributed by atoms with Gasteiger partial charge in [0.05, 0.1) is 23.7 Å². The minimum Gasteiger partial charge on any atom is -0.496 e. The van der Waals surface area contributed by atoms with Gasteiger partial charge in [0.1, 0.15) is 23.4 Å². The van der Waals surface area contributed by atoms with E-state index in [1.165, 1.54) is 0 Å². The molecule has 0 fully saturated rings. The van der Waals surface area contributed by atoms with Crippen molar-refractivity contribution in [2.24, 2.45) is 0 Å². The third-order valence-electron chi connectivity index (χ3n) is 4.28. The van der Waals surface area contributed by atoms with E-state index in [1.54, 1.807) is 38.3 Å². The molecule has 27 heavy (non-hydrogen) atoms. The van der Waals surface area contributed by atoms with Gasteiger partial charge in [-0.3, -0.25) is 4.79 Å². The summed E-state index contributed by atoms with van der Waals surface area (Å²) < 4.78 is 5.39. The van der Waals surface area contributed by atoms with Crippen molar-refractivity contribution in [3.8, 4) is 5.75 Å². The summed E-state index contributed by atoms with van der Waals surface area (Å²) >= 11 is 0. The molecule has 2 heterocycles. The normalized spacial score (nSPS) is 12.3. The number of hydrogen-bond acceptors (Lipinski definition) is 5. The van der Waals surface area contributed by atoms with Crippen LogP contribution in [0.5, 0.6) is 5.75 Å². The van der Waals surface area contributed by atoms with Gasteiger partial charge >= 0.3 is 0 Å². The molecule has 0 aliphatic rings. The van der Waals surface area contributed by atoms with Crippen LogP contribution < -0.4 is 10.1 Å². The van der Waals surface area contributed by atoms with Crippen molar-refractivity contribution < 1.29 is 14.6 Å². The van der Waals surface area contributed by atoms with E-state index < -0.39 is 6.10 Å². The van der Waals surface area contributed by atoms with Crippen LogP contribution in [0, 0.1) is 0 Å². The fourth-order valence-electron chi connectivity index (χ4n) is 2.93.